The van der Waals surface area contributed by atoms with Crippen LogP contribution in [0.5, 0.6) is 0 Å². The van der Waals surface area contributed by atoms with Crippen LogP contribution in [0.1, 0.15) is 18.9 Å². The van der Waals surface area contributed by atoms with Crippen molar-refractivity contribution in [2.24, 2.45) is 21.5 Å². The Morgan fingerprint density at radius 3 is 2.15 bits per heavy atom. The molecule has 1 heterocycles. The summed E-state index contributed by atoms with van der Waals surface area (Å²) in [7, 11) is 0. The van der Waals surface area contributed by atoms with Crippen LogP contribution in [-0.4, -0.2) is 46.9 Å². The van der Waals surface area contributed by atoms with E-state index in [0.29, 0.717) is 0 Å². The Labute approximate surface area is 151 Å². The van der Waals surface area contributed by atoms with Gasteiger partial charge in [-0.3, -0.25) is 4.79 Å². The minimum absolute atomic E-state index is 0.0376. The quantitative estimate of drug-likeness (QED) is 0.383. The van der Waals surface area contributed by atoms with Gasteiger partial charge in [-0.2, -0.15) is 18.2 Å². The first kappa shape index (κ1) is 22.1. The Balaban J connectivity index is 0.000000828. The average molecular weight is 395 g/mol. The number of halogens is 5. The van der Waals surface area contributed by atoms with Crippen molar-refractivity contribution >= 4 is 23.6 Å². The van der Waals surface area contributed by atoms with E-state index in [1.54, 1.807) is 0 Å². The molecule has 7 nitrogen and oxygen atoms in total. The Bertz CT molecular complexity index is 712. The van der Waals surface area contributed by atoms with Crippen molar-refractivity contribution in [1.29, 1.82) is 0 Å². The summed E-state index contributed by atoms with van der Waals surface area (Å²) in [6, 6.07) is 3.93. The number of likely N-dealkylation sites (tertiary alicyclic amines) is 1. The predicted octanol–water partition coefficient (Wildman–Crippen LogP) is 2.40. The normalized spacial score (nSPS) is 17.3. The van der Waals surface area contributed by atoms with Gasteiger partial charge in [0.25, 0.3) is 11.9 Å². The van der Waals surface area contributed by atoms with Crippen molar-refractivity contribution < 1.29 is 31.9 Å². The molecule has 1 aliphatic rings. The van der Waals surface area contributed by atoms with Crippen LogP contribution in [-0.2, 0) is 11.0 Å². The van der Waals surface area contributed by atoms with Crippen LogP contribution in [0.25, 0.3) is 0 Å². The lowest BCUT2D eigenvalue weighted by molar-refractivity contribution is -0.137. The van der Waals surface area contributed by atoms with Gasteiger partial charge < -0.3 is 21.5 Å². The van der Waals surface area contributed by atoms with Gasteiger partial charge >= 0.3 is 6.18 Å². The zero-order chi connectivity index (χ0) is 20.8. The lowest BCUT2D eigenvalue weighted by Crippen LogP contribution is -2.38. The maximum absolute atomic E-state index is 13.1. The second-order valence-electron chi connectivity index (χ2n) is 5.53. The van der Waals surface area contributed by atoms with E-state index < -0.39 is 30.2 Å². The number of nitrogens with two attached hydrogens (primary N) is 2. The SMILES string of the molecule is CC(=O)O.NC(=Nc1ccc(C(F)(F)F)cc1)/N=C(\N)N1CCC(F)(F)C1. The predicted molar refractivity (Wildman–Crippen MR) is 88.8 cm³/mol. The monoisotopic (exact) mass is 395 g/mol. The molecule has 0 aromatic heterocycles. The zero-order valence-corrected chi connectivity index (χ0v) is 14.2. The fourth-order valence-corrected chi connectivity index (χ4v) is 2.00. The van der Waals surface area contributed by atoms with Gasteiger partial charge in [0.1, 0.15) is 0 Å². The summed E-state index contributed by atoms with van der Waals surface area (Å²) in [5, 5.41) is 7.42. The maximum Gasteiger partial charge on any atom is 0.416 e. The fraction of sp³-hybridized carbons (Fsp3) is 0.400. The highest BCUT2D eigenvalue weighted by atomic mass is 19.4. The van der Waals surface area contributed by atoms with E-state index in [0.717, 1.165) is 36.1 Å². The summed E-state index contributed by atoms with van der Waals surface area (Å²) in [6.07, 6.45) is -4.78. The van der Waals surface area contributed by atoms with Gasteiger partial charge in [0, 0.05) is 19.9 Å². The lowest BCUT2D eigenvalue weighted by Gasteiger charge is -2.16. The van der Waals surface area contributed by atoms with Gasteiger partial charge in [0.05, 0.1) is 17.8 Å². The van der Waals surface area contributed by atoms with Crippen LogP contribution in [0.2, 0.25) is 0 Å². The number of hydrogen-bond acceptors (Lipinski definition) is 2. The molecule has 150 valence electrons. The summed E-state index contributed by atoms with van der Waals surface area (Å²) >= 11 is 0. The van der Waals surface area contributed by atoms with Crippen molar-refractivity contribution in [3.63, 3.8) is 0 Å². The first-order chi connectivity index (χ1) is 12.3. The lowest BCUT2D eigenvalue weighted by atomic mass is 10.2. The highest BCUT2D eigenvalue weighted by molar-refractivity contribution is 5.94. The molecule has 12 heteroatoms. The molecule has 1 aliphatic heterocycles. The summed E-state index contributed by atoms with van der Waals surface area (Å²) in [6.45, 7) is 0.561. The van der Waals surface area contributed by atoms with Gasteiger partial charge in [0.2, 0.25) is 5.96 Å². The third kappa shape index (κ3) is 7.88. The third-order valence-electron chi connectivity index (χ3n) is 3.16. The van der Waals surface area contributed by atoms with Gasteiger partial charge in [-0.05, 0) is 24.3 Å². The molecule has 1 saturated heterocycles. The Kier molecular flexibility index (Phi) is 7.08. The average Bonchev–Trinajstić information content (AvgIpc) is 2.86. The number of benzene rings is 1. The smallest absolute Gasteiger partial charge is 0.416 e. The number of carboxylic acid groups (broad SMARTS) is 1. The molecule has 1 aromatic rings. The van der Waals surface area contributed by atoms with E-state index >= 15 is 0 Å². The number of aliphatic imine (C=N–C) groups is 2. The van der Waals surface area contributed by atoms with Crippen molar-refractivity contribution in [3.05, 3.63) is 29.8 Å². The minimum Gasteiger partial charge on any atom is -0.481 e. The van der Waals surface area contributed by atoms with E-state index in [4.69, 9.17) is 21.4 Å². The fourth-order valence-electron chi connectivity index (χ4n) is 2.00. The van der Waals surface area contributed by atoms with Crippen molar-refractivity contribution in [3.8, 4) is 0 Å². The van der Waals surface area contributed by atoms with Gasteiger partial charge in [-0.25, -0.2) is 13.8 Å². The Morgan fingerprint density at radius 1 is 1.22 bits per heavy atom. The summed E-state index contributed by atoms with van der Waals surface area (Å²) in [5.74, 6) is -4.22. The van der Waals surface area contributed by atoms with Crippen LogP contribution >= 0.6 is 0 Å². The van der Waals surface area contributed by atoms with Gasteiger partial charge in [-0.15, -0.1) is 0 Å². The van der Waals surface area contributed by atoms with Crippen molar-refractivity contribution in [1.82, 2.24) is 4.90 Å². The van der Waals surface area contributed by atoms with Crippen LogP contribution < -0.4 is 11.5 Å². The van der Waals surface area contributed by atoms with Crippen LogP contribution in [0.3, 0.4) is 0 Å². The molecule has 0 aliphatic carbocycles. The van der Waals surface area contributed by atoms with Crippen molar-refractivity contribution in [2.75, 3.05) is 13.1 Å². The molecule has 5 N–H and O–H groups in total. The van der Waals surface area contributed by atoms with E-state index in [2.05, 4.69) is 9.98 Å². The molecule has 0 bridgehead atoms. The van der Waals surface area contributed by atoms with E-state index in [9.17, 15) is 22.0 Å². The number of rotatable bonds is 1. The standard InChI is InChI=1S/C13H14F5N5.C2H4O2/c14-12(15)5-6-23(7-12)11(20)22-10(19)21-9-3-1-8(2-4-9)13(16,17)18;1-2(3)4/h1-4H,5-7H2,(H4,19,20,21,22);1H3,(H,3,4). The summed E-state index contributed by atoms with van der Waals surface area (Å²) in [5.41, 5.74) is 10.4. The molecule has 0 spiro atoms. The number of alkyl halides is 5. The molecular formula is C15H18F5N5O2. The second kappa shape index (κ2) is 8.64. The molecular weight excluding hydrogens is 377 g/mol. The number of hydrogen-bond donors (Lipinski definition) is 3. The highest BCUT2D eigenvalue weighted by Gasteiger charge is 2.39. The summed E-state index contributed by atoms with van der Waals surface area (Å²) in [4.78, 5) is 17.6. The highest BCUT2D eigenvalue weighted by Crippen LogP contribution is 2.30. The molecule has 0 atom stereocenters. The summed E-state index contributed by atoms with van der Waals surface area (Å²) < 4.78 is 63.4. The van der Waals surface area contributed by atoms with E-state index in [1.807, 2.05) is 0 Å². The Hall–Kier alpha value is -2.92. The number of nitrogens with zero attached hydrogens (tertiary/aromatic N) is 3. The van der Waals surface area contributed by atoms with Gasteiger partial charge in [-0.1, -0.05) is 0 Å². The van der Waals surface area contributed by atoms with Crippen LogP contribution in [0.15, 0.2) is 34.3 Å². The largest absolute Gasteiger partial charge is 0.481 e. The van der Waals surface area contributed by atoms with Crippen LogP contribution in [0, 0.1) is 0 Å². The Morgan fingerprint density at radius 2 is 1.74 bits per heavy atom. The zero-order valence-electron chi connectivity index (χ0n) is 14.2. The molecule has 0 radical (unpaired) electrons. The molecule has 1 fully saturated rings. The van der Waals surface area contributed by atoms with Crippen molar-refractivity contribution in [2.45, 2.75) is 25.4 Å². The first-order valence-electron chi connectivity index (χ1n) is 7.48. The molecule has 2 rings (SSSR count). The second-order valence-corrected chi connectivity index (χ2v) is 5.53. The number of guanidine groups is 2. The molecule has 1 aromatic carbocycles. The first-order valence-corrected chi connectivity index (χ1v) is 7.48. The molecule has 0 saturated carbocycles. The maximum atomic E-state index is 13.1. The minimum atomic E-state index is -4.45. The van der Waals surface area contributed by atoms with Crippen LogP contribution in [0.4, 0.5) is 27.6 Å². The topological polar surface area (TPSA) is 117 Å². The molecule has 0 unspecified atom stereocenters. The molecule has 27 heavy (non-hydrogen) atoms. The number of carboxylic acids is 1. The number of carbonyl (C=O) groups is 1. The third-order valence-corrected chi connectivity index (χ3v) is 3.16. The molecule has 0 amide bonds. The van der Waals surface area contributed by atoms with E-state index in [-0.39, 0.29) is 30.6 Å². The number of aliphatic carboxylic acids is 1. The van der Waals surface area contributed by atoms with Gasteiger partial charge in [0.15, 0.2) is 5.96 Å². The van der Waals surface area contributed by atoms with E-state index in [1.165, 1.54) is 0 Å².